The summed E-state index contributed by atoms with van der Waals surface area (Å²) in [5.74, 6) is -2.08. The number of thiazole rings is 1. The molecule has 40 heavy (non-hydrogen) atoms. The minimum Gasteiger partial charge on any atom is -0.483 e. The number of amides is 3. The third-order valence-electron chi connectivity index (χ3n) is 6.82. The number of H-pyrrole nitrogens is 1. The predicted octanol–water partition coefficient (Wildman–Crippen LogP) is 5.21. The fourth-order valence-electron chi connectivity index (χ4n) is 5.13. The van der Waals surface area contributed by atoms with E-state index in [1.807, 2.05) is 31.2 Å². The van der Waals surface area contributed by atoms with Crippen LogP contribution in [0.25, 0.3) is 0 Å². The molecule has 3 amide bonds. The maximum atomic E-state index is 13.9. The number of ether oxygens (including phenoxy) is 1. The number of para-hydroxylation sites is 1. The molecule has 1 aromatic heterocycles. The predicted molar refractivity (Wildman–Crippen MR) is 156 cm³/mol. The van der Waals surface area contributed by atoms with Gasteiger partial charge in [-0.05, 0) is 55.0 Å². The van der Waals surface area contributed by atoms with Crippen LogP contribution in [0.1, 0.15) is 21.9 Å². The molecule has 1 saturated heterocycles. The van der Waals surface area contributed by atoms with E-state index in [1.165, 1.54) is 16.7 Å². The zero-order chi connectivity index (χ0) is 28.0. The number of aromatic nitrogens is 1. The highest BCUT2D eigenvalue weighted by Gasteiger charge is 2.56. The summed E-state index contributed by atoms with van der Waals surface area (Å²) in [6, 6.07) is 21.1. The minimum absolute atomic E-state index is 0.263. The summed E-state index contributed by atoms with van der Waals surface area (Å²) in [5.41, 5.74) is 2.73. The van der Waals surface area contributed by atoms with Gasteiger partial charge in [-0.1, -0.05) is 65.0 Å². The fraction of sp³-hybridized carbons (Fsp3) is 0.172. The Morgan fingerprint density at radius 2 is 1.80 bits per heavy atom. The van der Waals surface area contributed by atoms with Gasteiger partial charge in [-0.25, -0.2) is 4.90 Å². The minimum atomic E-state index is -0.780. The van der Waals surface area contributed by atoms with Crippen molar-refractivity contribution >= 4 is 63.8 Å². The van der Waals surface area contributed by atoms with E-state index in [4.69, 9.17) is 16.3 Å². The van der Waals surface area contributed by atoms with Crippen LogP contribution in [-0.2, 0) is 14.4 Å². The first-order valence-corrected chi connectivity index (χ1v) is 14.5. The van der Waals surface area contributed by atoms with Gasteiger partial charge in [-0.2, -0.15) is 0 Å². The molecule has 8 nitrogen and oxygen atoms in total. The SMILES string of the molecule is Cc1cccc(NC(=O)COc2ccccc2[C@H]2c3sc(=O)[nH]c3SC3C(=O)N(c4ccc(Cl)cc4)C(=O)C32)c1. The van der Waals surface area contributed by atoms with E-state index in [9.17, 15) is 19.2 Å². The Morgan fingerprint density at radius 1 is 1.02 bits per heavy atom. The lowest BCUT2D eigenvalue weighted by Crippen LogP contribution is -2.32. The Labute approximate surface area is 242 Å². The average molecular weight is 592 g/mol. The third-order valence-corrected chi connectivity index (χ3v) is 9.48. The van der Waals surface area contributed by atoms with Crippen molar-refractivity contribution in [3.63, 3.8) is 0 Å². The van der Waals surface area contributed by atoms with Gasteiger partial charge in [0.25, 0.3) is 5.91 Å². The molecular formula is C29H22ClN3O5S2. The van der Waals surface area contributed by atoms with Crippen molar-refractivity contribution in [1.82, 2.24) is 4.98 Å². The number of thioether (sulfide) groups is 1. The number of fused-ring (bicyclic) bond motifs is 2. The molecule has 3 aromatic carbocycles. The Hall–Kier alpha value is -3.86. The second-order valence-electron chi connectivity index (χ2n) is 9.48. The second kappa shape index (κ2) is 10.6. The molecule has 0 spiro atoms. The summed E-state index contributed by atoms with van der Waals surface area (Å²) in [5, 5.41) is 3.13. The van der Waals surface area contributed by atoms with Gasteiger partial charge >= 0.3 is 4.87 Å². The number of halogens is 1. The van der Waals surface area contributed by atoms with Crippen molar-refractivity contribution in [2.24, 2.45) is 5.92 Å². The molecule has 2 aliphatic rings. The number of aromatic amines is 1. The van der Waals surface area contributed by atoms with Gasteiger partial charge in [-0.3, -0.25) is 19.2 Å². The van der Waals surface area contributed by atoms with Crippen molar-refractivity contribution in [3.8, 4) is 5.75 Å². The molecule has 11 heteroatoms. The molecule has 0 aliphatic carbocycles. The molecule has 2 N–H and O–H groups in total. The molecule has 3 atom stereocenters. The number of aryl methyl sites for hydroxylation is 1. The lowest BCUT2D eigenvalue weighted by molar-refractivity contribution is -0.122. The molecule has 2 unspecified atom stereocenters. The summed E-state index contributed by atoms with van der Waals surface area (Å²) in [6.07, 6.45) is 0. The van der Waals surface area contributed by atoms with Crippen LogP contribution in [-0.4, -0.2) is 34.6 Å². The van der Waals surface area contributed by atoms with Gasteiger partial charge in [0.2, 0.25) is 11.8 Å². The van der Waals surface area contributed by atoms with Crippen molar-refractivity contribution in [2.45, 2.75) is 23.1 Å². The Morgan fingerprint density at radius 3 is 2.58 bits per heavy atom. The Kier molecular flexibility index (Phi) is 6.99. The molecule has 4 aromatic rings. The molecule has 2 aliphatic heterocycles. The normalized spacial score (nSPS) is 19.8. The van der Waals surface area contributed by atoms with Crippen LogP contribution < -0.4 is 19.8 Å². The van der Waals surface area contributed by atoms with Crippen molar-refractivity contribution in [2.75, 3.05) is 16.8 Å². The van der Waals surface area contributed by atoms with Crippen LogP contribution in [0.3, 0.4) is 0 Å². The molecule has 202 valence electrons. The summed E-state index contributed by atoms with van der Waals surface area (Å²) in [4.78, 5) is 57.0. The Balaban J connectivity index is 1.34. The lowest BCUT2D eigenvalue weighted by Gasteiger charge is -2.30. The third kappa shape index (κ3) is 4.83. The molecule has 1 fully saturated rings. The van der Waals surface area contributed by atoms with Gasteiger partial charge in [0.05, 0.1) is 16.6 Å². The maximum Gasteiger partial charge on any atom is 0.305 e. The highest BCUT2D eigenvalue weighted by atomic mass is 35.5. The summed E-state index contributed by atoms with van der Waals surface area (Å²) in [6.45, 7) is 1.67. The van der Waals surface area contributed by atoms with Crippen LogP contribution in [0.2, 0.25) is 5.02 Å². The first kappa shape index (κ1) is 26.4. The smallest absolute Gasteiger partial charge is 0.305 e. The van der Waals surface area contributed by atoms with Gasteiger partial charge in [0.15, 0.2) is 6.61 Å². The van der Waals surface area contributed by atoms with E-state index < -0.39 is 17.1 Å². The molecule has 0 saturated carbocycles. The number of hydrogen-bond acceptors (Lipinski definition) is 7. The van der Waals surface area contributed by atoms with E-state index in [2.05, 4.69) is 10.3 Å². The quantitative estimate of drug-likeness (QED) is 0.298. The first-order chi connectivity index (χ1) is 19.3. The van der Waals surface area contributed by atoms with E-state index in [0.29, 0.717) is 37.6 Å². The van der Waals surface area contributed by atoms with Gasteiger partial charge in [0.1, 0.15) is 11.0 Å². The number of carbonyl (C=O) groups is 3. The van der Waals surface area contributed by atoms with E-state index in [-0.39, 0.29) is 29.2 Å². The highest BCUT2D eigenvalue weighted by molar-refractivity contribution is 8.00. The summed E-state index contributed by atoms with van der Waals surface area (Å²) in [7, 11) is 0. The maximum absolute atomic E-state index is 13.9. The van der Waals surface area contributed by atoms with Crippen molar-refractivity contribution < 1.29 is 19.1 Å². The van der Waals surface area contributed by atoms with Crippen LogP contribution in [0, 0.1) is 12.8 Å². The second-order valence-corrected chi connectivity index (χ2v) is 12.1. The van der Waals surface area contributed by atoms with E-state index >= 15 is 0 Å². The molecule has 0 radical (unpaired) electrons. The standard InChI is InChI=1S/C29H22ClN3O5S2/c1-15-5-4-6-17(13-15)31-21(34)14-38-20-8-3-2-7-19(20)22-23-25(39-26-24(22)40-29(37)32-26)28(36)33(27(23)35)18-11-9-16(30)10-12-18/h2-13,22-23,25H,14H2,1H3,(H,31,34)(H,32,37)/t22-,23?,25?/m1/s1. The fourth-order valence-corrected chi connectivity index (χ4v) is 7.76. The highest BCUT2D eigenvalue weighted by Crippen LogP contribution is 2.54. The zero-order valence-corrected chi connectivity index (χ0v) is 23.4. The summed E-state index contributed by atoms with van der Waals surface area (Å²) < 4.78 is 5.98. The first-order valence-electron chi connectivity index (χ1n) is 12.4. The Bertz CT molecular complexity index is 1700. The topological polar surface area (TPSA) is 109 Å². The molecule has 6 rings (SSSR count). The van der Waals surface area contributed by atoms with Crippen LogP contribution in [0.15, 0.2) is 82.6 Å². The number of rotatable bonds is 6. The lowest BCUT2D eigenvalue weighted by atomic mass is 9.82. The number of carbonyl (C=O) groups excluding carboxylic acids is 3. The van der Waals surface area contributed by atoms with Gasteiger partial charge in [0, 0.05) is 27.1 Å². The number of anilines is 2. The molecule has 3 heterocycles. The zero-order valence-electron chi connectivity index (χ0n) is 21.1. The van der Waals surface area contributed by atoms with Gasteiger partial charge < -0.3 is 15.0 Å². The largest absolute Gasteiger partial charge is 0.483 e. The van der Waals surface area contributed by atoms with Crippen molar-refractivity contribution in [3.05, 3.63) is 103 Å². The average Bonchev–Trinajstić information content (AvgIpc) is 3.42. The molecule has 0 bridgehead atoms. The van der Waals surface area contributed by atoms with E-state index in [1.54, 1.807) is 48.5 Å². The number of nitrogens with one attached hydrogen (secondary N) is 2. The van der Waals surface area contributed by atoms with Crippen LogP contribution in [0.5, 0.6) is 5.75 Å². The number of hydrogen-bond donors (Lipinski definition) is 2. The number of imide groups is 1. The van der Waals surface area contributed by atoms with Gasteiger partial charge in [-0.15, -0.1) is 0 Å². The number of benzene rings is 3. The number of nitrogens with zero attached hydrogens (tertiary/aromatic N) is 1. The van der Waals surface area contributed by atoms with Crippen molar-refractivity contribution in [1.29, 1.82) is 0 Å². The van der Waals surface area contributed by atoms with E-state index in [0.717, 1.165) is 16.9 Å². The monoisotopic (exact) mass is 591 g/mol. The molecular weight excluding hydrogens is 570 g/mol. The summed E-state index contributed by atoms with van der Waals surface area (Å²) >= 11 is 8.24. The van der Waals surface area contributed by atoms with Crippen LogP contribution in [0.4, 0.5) is 11.4 Å². The van der Waals surface area contributed by atoms with Crippen LogP contribution >= 0.6 is 34.7 Å².